The van der Waals surface area contributed by atoms with Gasteiger partial charge in [0.25, 0.3) is 0 Å². The number of hydrogen-bond donors (Lipinski definition) is 1. The van der Waals surface area contributed by atoms with Gasteiger partial charge < -0.3 is 15.0 Å². The van der Waals surface area contributed by atoms with Gasteiger partial charge in [-0.15, -0.1) is 0 Å². The van der Waals surface area contributed by atoms with Crippen LogP contribution in [0.4, 0.5) is 5.69 Å². The highest BCUT2D eigenvalue weighted by atomic mass is 16.5. The Hall–Kier alpha value is -1.59. The van der Waals surface area contributed by atoms with Crippen molar-refractivity contribution in [3.63, 3.8) is 0 Å². The van der Waals surface area contributed by atoms with E-state index >= 15 is 0 Å². The van der Waals surface area contributed by atoms with E-state index in [1.165, 1.54) is 12.8 Å². The van der Waals surface area contributed by atoms with Crippen molar-refractivity contribution >= 4 is 11.7 Å². The molecule has 0 radical (unpaired) electrons. The number of esters is 1. The van der Waals surface area contributed by atoms with Gasteiger partial charge in [-0.1, -0.05) is 18.2 Å². The van der Waals surface area contributed by atoms with Crippen molar-refractivity contribution in [1.29, 1.82) is 0 Å². The van der Waals surface area contributed by atoms with Crippen LogP contribution in [-0.4, -0.2) is 63.3 Å². The largest absolute Gasteiger partial charge is 0.468 e. The number of benzene rings is 1. The number of ether oxygens (including phenoxy) is 1. The molecule has 0 amide bonds. The third-order valence-electron chi connectivity index (χ3n) is 4.22. The molecule has 1 heterocycles. The average Bonchev–Trinajstić information content (AvgIpc) is 2.55. The van der Waals surface area contributed by atoms with Crippen LogP contribution < -0.4 is 10.2 Å². The van der Waals surface area contributed by atoms with Gasteiger partial charge in [-0.05, 0) is 26.1 Å². The molecule has 1 aromatic rings. The number of para-hydroxylation sites is 1. The molecule has 1 saturated heterocycles. The lowest BCUT2D eigenvalue weighted by Gasteiger charge is -2.39. The Morgan fingerprint density at radius 2 is 1.86 bits per heavy atom. The van der Waals surface area contributed by atoms with Crippen molar-refractivity contribution < 1.29 is 9.53 Å². The Kier molecular flexibility index (Phi) is 5.20. The molecule has 2 rings (SSSR count). The van der Waals surface area contributed by atoms with Crippen molar-refractivity contribution in [1.82, 2.24) is 10.2 Å². The van der Waals surface area contributed by atoms with Gasteiger partial charge in [-0.3, -0.25) is 9.69 Å². The van der Waals surface area contributed by atoms with Crippen molar-refractivity contribution in [2.75, 3.05) is 51.8 Å². The summed E-state index contributed by atoms with van der Waals surface area (Å²) in [7, 11) is 3.24. The summed E-state index contributed by atoms with van der Waals surface area (Å²) in [5, 5.41) is 3.09. The van der Waals surface area contributed by atoms with E-state index in [1.54, 1.807) is 7.05 Å². The second-order valence-corrected chi connectivity index (χ2v) is 5.67. The van der Waals surface area contributed by atoms with Crippen molar-refractivity contribution in [2.45, 2.75) is 12.5 Å². The topological polar surface area (TPSA) is 44.8 Å². The molecular weight excluding hydrogens is 266 g/mol. The molecular formula is C16H25N3O2. The Bertz CT molecular complexity index is 458. The number of hydrogen-bond acceptors (Lipinski definition) is 5. The quantitative estimate of drug-likeness (QED) is 0.819. The van der Waals surface area contributed by atoms with Crippen molar-refractivity contribution in [2.24, 2.45) is 0 Å². The van der Waals surface area contributed by atoms with Crippen LogP contribution in [0, 0.1) is 0 Å². The molecule has 1 aliphatic heterocycles. The minimum Gasteiger partial charge on any atom is -0.468 e. The molecule has 0 aliphatic carbocycles. The molecule has 21 heavy (non-hydrogen) atoms. The number of piperazine rings is 1. The Labute approximate surface area is 126 Å². The zero-order chi connectivity index (χ0) is 15.3. The fraction of sp³-hybridized carbons (Fsp3) is 0.562. The van der Waals surface area contributed by atoms with Crippen LogP contribution >= 0.6 is 0 Å². The molecule has 1 unspecified atom stereocenters. The summed E-state index contributed by atoms with van der Waals surface area (Å²) >= 11 is 0. The molecule has 0 bridgehead atoms. The fourth-order valence-electron chi connectivity index (χ4n) is 2.72. The van der Waals surface area contributed by atoms with Gasteiger partial charge >= 0.3 is 5.97 Å². The summed E-state index contributed by atoms with van der Waals surface area (Å²) in [6.07, 6.45) is 0. The van der Waals surface area contributed by atoms with Crippen LogP contribution in [0.15, 0.2) is 30.3 Å². The van der Waals surface area contributed by atoms with Gasteiger partial charge in [0, 0.05) is 38.4 Å². The summed E-state index contributed by atoms with van der Waals surface area (Å²) in [6, 6.07) is 10.5. The number of anilines is 1. The lowest BCUT2D eigenvalue weighted by molar-refractivity contribution is -0.148. The summed E-state index contributed by atoms with van der Waals surface area (Å²) < 4.78 is 4.90. The minimum atomic E-state index is -0.649. The highest BCUT2D eigenvalue weighted by Crippen LogP contribution is 2.17. The van der Waals surface area contributed by atoms with E-state index in [0.717, 1.165) is 26.2 Å². The molecule has 1 N–H and O–H groups in total. The number of nitrogens with one attached hydrogen (secondary N) is 1. The molecule has 1 aliphatic rings. The molecule has 5 heteroatoms. The number of nitrogens with zero attached hydrogens (tertiary/aromatic N) is 2. The first kappa shape index (κ1) is 15.8. The van der Waals surface area contributed by atoms with Crippen molar-refractivity contribution in [3.05, 3.63) is 30.3 Å². The van der Waals surface area contributed by atoms with E-state index in [1.807, 2.05) is 13.0 Å². The monoisotopic (exact) mass is 291 g/mol. The lowest BCUT2D eigenvalue weighted by atomic mass is 10.0. The first-order valence-corrected chi connectivity index (χ1v) is 7.39. The molecule has 5 nitrogen and oxygen atoms in total. The Balaban J connectivity index is 1.91. The maximum atomic E-state index is 11.9. The molecule has 1 aromatic carbocycles. The van der Waals surface area contributed by atoms with Gasteiger partial charge in [0.05, 0.1) is 7.11 Å². The van der Waals surface area contributed by atoms with E-state index in [2.05, 4.69) is 39.4 Å². The van der Waals surface area contributed by atoms with Crippen LogP contribution in [0.1, 0.15) is 6.92 Å². The van der Waals surface area contributed by atoms with Gasteiger partial charge in [0.2, 0.25) is 0 Å². The van der Waals surface area contributed by atoms with Crippen molar-refractivity contribution in [3.8, 4) is 0 Å². The highest BCUT2D eigenvalue weighted by Gasteiger charge is 2.35. The molecule has 0 aromatic heterocycles. The Morgan fingerprint density at radius 1 is 1.24 bits per heavy atom. The summed E-state index contributed by atoms with van der Waals surface area (Å²) in [5.74, 6) is -0.213. The van der Waals surface area contributed by atoms with Crippen LogP contribution in [0.5, 0.6) is 0 Å². The van der Waals surface area contributed by atoms with Crippen LogP contribution in [-0.2, 0) is 9.53 Å². The van der Waals surface area contributed by atoms with E-state index in [4.69, 9.17) is 4.74 Å². The second-order valence-electron chi connectivity index (χ2n) is 5.67. The van der Waals surface area contributed by atoms with E-state index < -0.39 is 5.54 Å². The first-order chi connectivity index (χ1) is 10.1. The van der Waals surface area contributed by atoms with Crippen LogP contribution in [0.2, 0.25) is 0 Å². The maximum Gasteiger partial charge on any atom is 0.327 e. The van der Waals surface area contributed by atoms with E-state index in [0.29, 0.717) is 6.54 Å². The Morgan fingerprint density at radius 3 is 2.38 bits per heavy atom. The zero-order valence-corrected chi connectivity index (χ0v) is 13.1. The van der Waals surface area contributed by atoms with Gasteiger partial charge in [0.15, 0.2) is 0 Å². The predicted octanol–water partition coefficient (Wildman–Crippen LogP) is 0.960. The third-order valence-corrected chi connectivity index (χ3v) is 4.22. The fourth-order valence-corrected chi connectivity index (χ4v) is 2.72. The maximum absolute atomic E-state index is 11.9. The number of methoxy groups -OCH3 is 1. The zero-order valence-electron chi connectivity index (χ0n) is 13.1. The van der Waals surface area contributed by atoms with Crippen LogP contribution in [0.3, 0.4) is 0 Å². The smallest absolute Gasteiger partial charge is 0.327 e. The number of carbonyl (C=O) groups is 1. The molecule has 1 fully saturated rings. The highest BCUT2D eigenvalue weighted by molar-refractivity contribution is 5.80. The normalized spacial score (nSPS) is 19.1. The standard InChI is InChI=1S/C16H25N3O2/c1-16(17-2,15(20)21-3)13-18-9-11-19(12-10-18)14-7-5-4-6-8-14/h4-8,17H,9-13H2,1-3H3. The van der Waals surface area contributed by atoms with Gasteiger partial charge in [-0.2, -0.15) is 0 Å². The molecule has 116 valence electrons. The van der Waals surface area contributed by atoms with Gasteiger partial charge in [-0.25, -0.2) is 0 Å². The number of rotatable bonds is 5. The lowest BCUT2D eigenvalue weighted by Crippen LogP contribution is -2.59. The number of likely N-dealkylation sites (N-methyl/N-ethyl adjacent to an activating group) is 1. The molecule has 1 atom stereocenters. The minimum absolute atomic E-state index is 0.213. The molecule has 0 saturated carbocycles. The van der Waals surface area contributed by atoms with E-state index in [-0.39, 0.29) is 5.97 Å². The summed E-state index contributed by atoms with van der Waals surface area (Å²) in [5.41, 5.74) is 0.616. The second kappa shape index (κ2) is 6.91. The van der Waals surface area contributed by atoms with Crippen LogP contribution in [0.25, 0.3) is 0 Å². The number of carbonyl (C=O) groups excluding carboxylic acids is 1. The summed E-state index contributed by atoms with van der Waals surface area (Å²) in [4.78, 5) is 16.6. The SMILES string of the molecule is CNC(C)(CN1CCN(c2ccccc2)CC1)C(=O)OC. The molecule has 0 spiro atoms. The summed E-state index contributed by atoms with van der Waals surface area (Å²) in [6.45, 7) is 6.41. The third kappa shape index (κ3) is 3.74. The first-order valence-electron chi connectivity index (χ1n) is 7.39. The van der Waals surface area contributed by atoms with E-state index in [9.17, 15) is 4.79 Å². The predicted molar refractivity (Wildman–Crippen MR) is 84.6 cm³/mol. The average molecular weight is 291 g/mol. The van der Waals surface area contributed by atoms with Gasteiger partial charge in [0.1, 0.15) is 5.54 Å².